The summed E-state index contributed by atoms with van der Waals surface area (Å²) in [5, 5.41) is 27.3. The number of aliphatic imine (C=N–C) groups is 2. The molecule has 0 fully saturated rings. The number of urea groups is 1. The number of halogens is 9. The van der Waals surface area contributed by atoms with Crippen molar-refractivity contribution in [3.8, 4) is 0 Å². The second-order valence-electron chi connectivity index (χ2n) is 11.4. The van der Waals surface area contributed by atoms with Gasteiger partial charge in [-0.05, 0) is 31.2 Å². The molecule has 0 bridgehead atoms. The Morgan fingerprint density at radius 3 is 1.67 bits per heavy atom. The highest BCUT2D eigenvalue weighted by Crippen LogP contribution is 2.15. The molecule has 1 heterocycles. The lowest BCUT2D eigenvalue weighted by Crippen LogP contribution is -2.46. The number of alkyl halides is 9. The lowest BCUT2D eigenvalue weighted by Gasteiger charge is -2.23. The second-order valence-corrected chi connectivity index (χ2v) is 11.4. The van der Waals surface area contributed by atoms with Crippen LogP contribution in [-0.2, 0) is 20.9 Å². The monoisotopic (exact) mass is 813 g/mol. The lowest BCUT2D eigenvalue weighted by molar-refractivity contribution is -0.193. The van der Waals surface area contributed by atoms with E-state index in [0.717, 1.165) is 63.7 Å². The fourth-order valence-electron chi connectivity index (χ4n) is 4.03. The Morgan fingerprint density at radius 2 is 1.18 bits per heavy atom. The normalized spacial score (nSPS) is 14.6. The topological polar surface area (TPSA) is 233 Å². The third-order valence-electron chi connectivity index (χ3n) is 6.80. The van der Waals surface area contributed by atoms with Crippen LogP contribution in [0, 0.1) is 0 Å². The smallest absolute Gasteiger partial charge is 0.475 e. The molecule has 2 rings (SSSR count). The van der Waals surface area contributed by atoms with Crippen LogP contribution >= 0.6 is 0 Å². The quantitative estimate of drug-likeness (QED) is 0.0595. The van der Waals surface area contributed by atoms with Crippen LogP contribution in [0.1, 0.15) is 82.6 Å². The van der Waals surface area contributed by atoms with Gasteiger partial charge in [0.05, 0.1) is 6.54 Å². The summed E-state index contributed by atoms with van der Waals surface area (Å²) >= 11 is 0. The second kappa shape index (κ2) is 28.5. The predicted molar refractivity (Wildman–Crippen MR) is 183 cm³/mol. The number of carboxylic acid groups (broad SMARTS) is 3. The van der Waals surface area contributed by atoms with Crippen LogP contribution in [0.2, 0.25) is 0 Å². The molecule has 0 radical (unpaired) electrons. The minimum Gasteiger partial charge on any atom is -0.475 e. The van der Waals surface area contributed by atoms with Crippen LogP contribution in [0.5, 0.6) is 0 Å². The van der Waals surface area contributed by atoms with Crippen molar-refractivity contribution in [2.24, 2.45) is 21.5 Å². The highest BCUT2D eigenvalue weighted by molar-refractivity contribution is 5.95. The number of aliphatic carboxylic acids is 3. The number of guanidine groups is 2. The van der Waals surface area contributed by atoms with Gasteiger partial charge in [-0.2, -0.15) is 39.5 Å². The number of nitrogens with zero attached hydrogens (tertiary/aromatic N) is 3. The van der Waals surface area contributed by atoms with Gasteiger partial charge in [0.25, 0.3) is 0 Å². The van der Waals surface area contributed by atoms with Crippen molar-refractivity contribution in [3.05, 3.63) is 35.9 Å². The van der Waals surface area contributed by atoms with E-state index in [1.165, 1.54) is 38.5 Å². The number of hydrogen-bond donors (Lipinski definition) is 7. The zero-order chi connectivity index (χ0) is 42.5. The van der Waals surface area contributed by atoms with Gasteiger partial charge in [-0.1, -0.05) is 81.7 Å². The molecule has 0 saturated carbocycles. The third kappa shape index (κ3) is 32.2. The first-order valence-corrected chi connectivity index (χ1v) is 16.8. The van der Waals surface area contributed by atoms with Crippen LogP contribution < -0.4 is 22.1 Å². The first-order valence-electron chi connectivity index (χ1n) is 16.8. The molecule has 2 amide bonds. The lowest BCUT2D eigenvalue weighted by atomic mass is 10.1. The molecule has 55 heavy (non-hydrogen) atoms. The summed E-state index contributed by atoms with van der Waals surface area (Å²) in [5.41, 5.74) is 13.0. The van der Waals surface area contributed by atoms with Crippen molar-refractivity contribution in [3.63, 3.8) is 0 Å². The molecule has 316 valence electrons. The zero-order valence-corrected chi connectivity index (χ0v) is 29.8. The Kier molecular flexibility index (Phi) is 27.0. The average Bonchev–Trinajstić information content (AvgIpc) is 3.09. The SMILES string of the molecule is NC(=NCc1ccccc1)NCCCCCCCCN1CCCCCCCCN=C(N)NC1=O.O=C(O)C(F)(F)F.O=C(O)C(F)(F)F.O=C(O)C(F)(F)F. The molecule has 1 aliphatic rings. The summed E-state index contributed by atoms with van der Waals surface area (Å²) in [5.74, 6) is -7.52. The van der Waals surface area contributed by atoms with Gasteiger partial charge in [-0.25, -0.2) is 24.2 Å². The maximum Gasteiger partial charge on any atom is 0.490 e. The van der Waals surface area contributed by atoms with Gasteiger partial charge in [0, 0.05) is 26.2 Å². The van der Waals surface area contributed by atoms with E-state index < -0.39 is 36.4 Å². The van der Waals surface area contributed by atoms with E-state index in [9.17, 15) is 44.3 Å². The summed E-state index contributed by atoms with van der Waals surface area (Å²) in [6.07, 6.45) is -1.59. The number of carbonyl (C=O) groups excluding carboxylic acids is 1. The van der Waals surface area contributed by atoms with E-state index in [2.05, 4.69) is 20.6 Å². The van der Waals surface area contributed by atoms with Gasteiger partial charge < -0.3 is 37.0 Å². The number of amides is 2. The van der Waals surface area contributed by atoms with Crippen molar-refractivity contribution in [2.45, 2.75) is 102 Å². The molecule has 1 aromatic rings. The first kappa shape index (κ1) is 52.1. The van der Waals surface area contributed by atoms with Crippen LogP contribution in [0.3, 0.4) is 0 Å². The summed E-state index contributed by atoms with van der Waals surface area (Å²) in [4.78, 5) is 49.8. The molecule has 0 unspecified atom stereocenters. The fourth-order valence-corrected chi connectivity index (χ4v) is 4.03. The maximum absolute atomic E-state index is 12.6. The highest BCUT2D eigenvalue weighted by Gasteiger charge is 2.39. The van der Waals surface area contributed by atoms with Gasteiger partial charge in [0.15, 0.2) is 11.9 Å². The van der Waals surface area contributed by atoms with E-state index in [4.69, 9.17) is 41.2 Å². The summed E-state index contributed by atoms with van der Waals surface area (Å²) in [6, 6.07) is 10.0. The standard InChI is InChI=1S/C26H45N7O.3C2HF3O2/c27-24(31-22-23-16-10-9-11-17-23)29-18-12-5-1-3-7-14-20-33-21-15-8-4-2-6-13-19-30-25(28)32-26(33)34;3*3-2(4,5)1(6)7/h9-11,16-17H,1-8,12-15,18-22H2,(H3,27,29,31)(H3,28,30,32,34);3*(H,6,7). The van der Waals surface area contributed by atoms with Crippen molar-refractivity contribution in [2.75, 3.05) is 26.2 Å². The number of hydrogen-bond acceptors (Lipinski definition) is 7. The minimum absolute atomic E-state index is 0.113. The summed E-state index contributed by atoms with van der Waals surface area (Å²) in [6.45, 7) is 3.71. The Hall–Kier alpha value is -4.99. The molecule has 0 aromatic heterocycles. The minimum atomic E-state index is -5.08. The van der Waals surface area contributed by atoms with E-state index in [1.807, 2.05) is 35.2 Å². The van der Waals surface area contributed by atoms with E-state index in [-0.39, 0.29) is 12.0 Å². The van der Waals surface area contributed by atoms with Crippen molar-refractivity contribution >= 4 is 35.9 Å². The largest absolute Gasteiger partial charge is 0.490 e. The zero-order valence-electron chi connectivity index (χ0n) is 29.8. The van der Waals surface area contributed by atoms with Gasteiger partial charge in [-0.15, -0.1) is 0 Å². The molecule has 0 saturated heterocycles. The van der Waals surface area contributed by atoms with Crippen molar-refractivity contribution in [1.82, 2.24) is 15.5 Å². The van der Waals surface area contributed by atoms with E-state index in [1.54, 1.807) is 0 Å². The Bertz CT molecular complexity index is 1260. The number of unbranched alkanes of at least 4 members (excludes halogenated alkanes) is 5. The van der Waals surface area contributed by atoms with Gasteiger partial charge in [-0.3, -0.25) is 10.3 Å². The molecule has 1 aromatic carbocycles. The van der Waals surface area contributed by atoms with Crippen LogP contribution in [0.15, 0.2) is 40.3 Å². The molecule has 1 aliphatic heterocycles. The molecule has 0 spiro atoms. The molecule has 0 aliphatic carbocycles. The average molecular weight is 814 g/mol. The number of carboxylic acids is 3. The van der Waals surface area contributed by atoms with E-state index >= 15 is 0 Å². The fraction of sp³-hybridized carbons (Fsp3) is 0.625. The summed E-state index contributed by atoms with van der Waals surface area (Å²) in [7, 11) is 0. The van der Waals surface area contributed by atoms with Gasteiger partial charge >= 0.3 is 42.5 Å². The molecular formula is C32H48F9N7O7. The van der Waals surface area contributed by atoms with Crippen molar-refractivity contribution < 1.29 is 74.0 Å². The molecule has 23 heteroatoms. The third-order valence-corrected chi connectivity index (χ3v) is 6.80. The predicted octanol–water partition coefficient (Wildman–Crippen LogP) is 6.01. The number of benzene rings is 1. The molecule has 0 atom stereocenters. The number of nitrogens with two attached hydrogens (primary N) is 2. The van der Waals surface area contributed by atoms with Crippen LogP contribution in [0.4, 0.5) is 44.3 Å². The van der Waals surface area contributed by atoms with E-state index in [0.29, 0.717) is 19.0 Å². The molecule has 9 N–H and O–H groups in total. The number of carbonyl (C=O) groups is 4. The molecule has 14 nitrogen and oxygen atoms in total. The van der Waals surface area contributed by atoms with Gasteiger partial charge in [0.2, 0.25) is 0 Å². The van der Waals surface area contributed by atoms with Crippen molar-refractivity contribution in [1.29, 1.82) is 0 Å². The maximum atomic E-state index is 12.6. The number of nitrogens with one attached hydrogen (secondary N) is 2. The Labute approximate surface area is 311 Å². The Morgan fingerprint density at radius 1 is 0.745 bits per heavy atom. The first-order chi connectivity index (χ1) is 25.5. The summed E-state index contributed by atoms with van der Waals surface area (Å²) < 4.78 is 95.2. The number of rotatable bonds is 11. The molecular weight excluding hydrogens is 765 g/mol. The van der Waals surface area contributed by atoms with Gasteiger partial charge in [0.1, 0.15) is 0 Å². The Balaban J connectivity index is 0. The van der Waals surface area contributed by atoms with Crippen LogP contribution in [-0.4, -0.2) is 101 Å². The van der Waals surface area contributed by atoms with Crippen LogP contribution in [0.25, 0.3) is 0 Å². The highest BCUT2D eigenvalue weighted by atomic mass is 19.4.